The van der Waals surface area contributed by atoms with Crippen LogP contribution in [0.15, 0.2) is 6.33 Å². The van der Waals surface area contributed by atoms with Gasteiger partial charge in [-0.1, -0.05) is 26.2 Å². The van der Waals surface area contributed by atoms with E-state index in [1.54, 1.807) is 6.33 Å². The molecule has 1 fully saturated rings. The quantitative estimate of drug-likeness (QED) is 0.835. The third-order valence-electron chi connectivity index (χ3n) is 3.17. The van der Waals surface area contributed by atoms with Gasteiger partial charge in [0.1, 0.15) is 6.33 Å². The molecular formula is C10H17N3S. The van der Waals surface area contributed by atoms with Gasteiger partial charge in [0, 0.05) is 18.1 Å². The van der Waals surface area contributed by atoms with Crippen LogP contribution in [0.1, 0.15) is 32.6 Å². The number of nitrogens with one attached hydrogen (secondary N) is 1. The molecule has 0 radical (unpaired) electrons. The Labute approximate surface area is 89.1 Å². The van der Waals surface area contributed by atoms with E-state index in [0.717, 1.165) is 23.5 Å². The molecule has 1 saturated carbocycles. The molecule has 1 heterocycles. The molecule has 1 N–H and O–H groups in total. The van der Waals surface area contributed by atoms with Crippen molar-refractivity contribution in [2.24, 2.45) is 11.8 Å². The van der Waals surface area contributed by atoms with Gasteiger partial charge in [-0.25, -0.2) is 4.98 Å². The van der Waals surface area contributed by atoms with E-state index in [-0.39, 0.29) is 0 Å². The highest BCUT2D eigenvalue weighted by atomic mass is 32.1. The van der Waals surface area contributed by atoms with Crippen LogP contribution in [0.2, 0.25) is 0 Å². The van der Waals surface area contributed by atoms with Crippen LogP contribution < -0.4 is 5.32 Å². The van der Waals surface area contributed by atoms with Crippen molar-refractivity contribution in [1.29, 1.82) is 0 Å². The highest BCUT2D eigenvalue weighted by molar-refractivity contribution is 7.09. The largest absolute Gasteiger partial charge is 0.360 e. The number of rotatable bonds is 3. The molecule has 78 valence electrons. The third-order valence-corrected chi connectivity index (χ3v) is 3.79. The molecule has 0 amide bonds. The van der Waals surface area contributed by atoms with Crippen molar-refractivity contribution in [3.05, 3.63) is 6.33 Å². The highest BCUT2D eigenvalue weighted by Crippen LogP contribution is 2.29. The second kappa shape index (κ2) is 4.73. The molecular weight excluding hydrogens is 194 g/mol. The standard InChI is InChI=1S/C10H17N3S/c1-8-4-2-3-5-9(8)6-11-10-12-7-13-14-10/h7-9H,2-6H2,1H3,(H,11,12,13). The predicted molar refractivity (Wildman–Crippen MR) is 59.5 cm³/mol. The number of nitrogens with zero attached hydrogens (tertiary/aromatic N) is 2. The smallest absolute Gasteiger partial charge is 0.202 e. The SMILES string of the molecule is CC1CCCCC1CNc1ncns1. The maximum atomic E-state index is 4.12. The first kappa shape index (κ1) is 9.90. The van der Waals surface area contributed by atoms with Crippen molar-refractivity contribution in [1.82, 2.24) is 9.36 Å². The van der Waals surface area contributed by atoms with E-state index in [4.69, 9.17) is 0 Å². The molecule has 2 rings (SSSR count). The second-order valence-electron chi connectivity index (χ2n) is 4.15. The first-order chi connectivity index (χ1) is 6.86. The Hall–Kier alpha value is -0.640. The van der Waals surface area contributed by atoms with Gasteiger partial charge < -0.3 is 5.32 Å². The molecule has 0 spiro atoms. The van der Waals surface area contributed by atoms with E-state index < -0.39 is 0 Å². The molecule has 1 aliphatic carbocycles. The molecule has 0 bridgehead atoms. The summed E-state index contributed by atoms with van der Waals surface area (Å²) >= 11 is 1.44. The Kier molecular flexibility index (Phi) is 3.35. The highest BCUT2D eigenvalue weighted by Gasteiger charge is 2.20. The van der Waals surface area contributed by atoms with Crippen LogP contribution in [-0.4, -0.2) is 15.9 Å². The monoisotopic (exact) mass is 211 g/mol. The van der Waals surface area contributed by atoms with Gasteiger partial charge >= 0.3 is 0 Å². The zero-order chi connectivity index (χ0) is 9.80. The maximum Gasteiger partial charge on any atom is 0.202 e. The lowest BCUT2D eigenvalue weighted by Crippen LogP contribution is -2.24. The van der Waals surface area contributed by atoms with Gasteiger partial charge in [-0.2, -0.15) is 4.37 Å². The first-order valence-electron chi connectivity index (χ1n) is 5.37. The summed E-state index contributed by atoms with van der Waals surface area (Å²) in [6, 6.07) is 0. The molecule has 0 aliphatic heterocycles. The summed E-state index contributed by atoms with van der Waals surface area (Å²) in [5.41, 5.74) is 0. The van der Waals surface area contributed by atoms with Crippen molar-refractivity contribution in [2.45, 2.75) is 32.6 Å². The van der Waals surface area contributed by atoms with E-state index in [0.29, 0.717) is 0 Å². The number of anilines is 1. The van der Waals surface area contributed by atoms with Gasteiger partial charge in [-0.05, 0) is 18.3 Å². The van der Waals surface area contributed by atoms with Crippen LogP contribution in [0.4, 0.5) is 5.13 Å². The normalized spacial score (nSPS) is 27.5. The molecule has 2 unspecified atom stereocenters. The lowest BCUT2D eigenvalue weighted by molar-refractivity contribution is 0.268. The fourth-order valence-electron chi connectivity index (χ4n) is 2.17. The van der Waals surface area contributed by atoms with Crippen LogP contribution in [0.25, 0.3) is 0 Å². The molecule has 14 heavy (non-hydrogen) atoms. The average Bonchev–Trinajstić information content (AvgIpc) is 2.69. The van der Waals surface area contributed by atoms with E-state index in [9.17, 15) is 0 Å². The predicted octanol–water partition coefficient (Wildman–Crippen LogP) is 2.78. The van der Waals surface area contributed by atoms with Crippen molar-refractivity contribution in [2.75, 3.05) is 11.9 Å². The van der Waals surface area contributed by atoms with E-state index in [1.165, 1.54) is 37.2 Å². The minimum atomic E-state index is 0.827. The lowest BCUT2D eigenvalue weighted by Gasteiger charge is -2.28. The summed E-state index contributed by atoms with van der Waals surface area (Å²) in [6.07, 6.45) is 7.18. The summed E-state index contributed by atoms with van der Waals surface area (Å²) in [7, 11) is 0. The molecule has 3 nitrogen and oxygen atoms in total. The molecule has 1 aromatic heterocycles. The number of aromatic nitrogens is 2. The molecule has 1 aromatic rings. The maximum absolute atomic E-state index is 4.12. The summed E-state index contributed by atoms with van der Waals surface area (Å²) in [5.74, 6) is 1.69. The zero-order valence-corrected chi connectivity index (χ0v) is 9.39. The molecule has 0 saturated heterocycles. The topological polar surface area (TPSA) is 37.8 Å². The minimum absolute atomic E-state index is 0.827. The number of hydrogen-bond donors (Lipinski definition) is 1. The van der Waals surface area contributed by atoms with Gasteiger partial charge in [0.05, 0.1) is 0 Å². The van der Waals surface area contributed by atoms with Crippen LogP contribution in [0, 0.1) is 11.8 Å². The van der Waals surface area contributed by atoms with Gasteiger partial charge in [0.25, 0.3) is 0 Å². The van der Waals surface area contributed by atoms with E-state index >= 15 is 0 Å². The molecule has 0 aromatic carbocycles. The Morgan fingerprint density at radius 2 is 2.36 bits per heavy atom. The van der Waals surface area contributed by atoms with Crippen LogP contribution >= 0.6 is 11.5 Å². The molecule has 4 heteroatoms. The fraction of sp³-hybridized carbons (Fsp3) is 0.800. The van der Waals surface area contributed by atoms with Crippen molar-refractivity contribution in [3.63, 3.8) is 0 Å². The van der Waals surface area contributed by atoms with E-state index in [1.807, 2.05) is 0 Å². The van der Waals surface area contributed by atoms with Crippen LogP contribution in [-0.2, 0) is 0 Å². The van der Waals surface area contributed by atoms with Crippen molar-refractivity contribution in [3.8, 4) is 0 Å². The third kappa shape index (κ3) is 2.44. The van der Waals surface area contributed by atoms with Crippen LogP contribution in [0.5, 0.6) is 0 Å². The van der Waals surface area contributed by atoms with Crippen molar-refractivity contribution < 1.29 is 0 Å². The summed E-state index contributed by atoms with van der Waals surface area (Å²) < 4.78 is 3.97. The second-order valence-corrected chi connectivity index (χ2v) is 4.93. The van der Waals surface area contributed by atoms with Crippen molar-refractivity contribution >= 4 is 16.7 Å². The Morgan fingerprint density at radius 3 is 3.07 bits per heavy atom. The van der Waals surface area contributed by atoms with Gasteiger partial charge in [0.15, 0.2) is 0 Å². The average molecular weight is 211 g/mol. The minimum Gasteiger partial charge on any atom is -0.360 e. The van der Waals surface area contributed by atoms with Gasteiger partial charge in [0.2, 0.25) is 5.13 Å². The summed E-state index contributed by atoms with van der Waals surface area (Å²) in [4.78, 5) is 4.12. The molecule has 1 aliphatic rings. The summed E-state index contributed by atoms with van der Waals surface area (Å²) in [5, 5.41) is 4.33. The number of hydrogen-bond acceptors (Lipinski definition) is 4. The Morgan fingerprint density at radius 1 is 1.50 bits per heavy atom. The zero-order valence-electron chi connectivity index (χ0n) is 8.57. The van der Waals surface area contributed by atoms with Gasteiger partial charge in [-0.15, -0.1) is 0 Å². The fourth-order valence-corrected chi connectivity index (χ4v) is 2.60. The lowest BCUT2D eigenvalue weighted by atomic mass is 9.80. The molecule has 2 atom stereocenters. The Balaban J connectivity index is 1.79. The van der Waals surface area contributed by atoms with Gasteiger partial charge in [-0.3, -0.25) is 0 Å². The summed E-state index contributed by atoms with van der Waals surface area (Å²) in [6.45, 7) is 3.43. The van der Waals surface area contributed by atoms with Crippen LogP contribution in [0.3, 0.4) is 0 Å². The van der Waals surface area contributed by atoms with E-state index in [2.05, 4.69) is 21.6 Å². The first-order valence-corrected chi connectivity index (χ1v) is 6.14. The Bertz CT molecular complexity index is 260.